The van der Waals surface area contributed by atoms with Crippen molar-refractivity contribution in [3.63, 3.8) is 0 Å². The van der Waals surface area contributed by atoms with Crippen molar-refractivity contribution in [3.05, 3.63) is 33.2 Å². The molecule has 70 valence electrons. The zero-order valence-electron chi connectivity index (χ0n) is 7.09. The molecule has 0 unspecified atom stereocenters. The number of halogens is 1. The third kappa shape index (κ3) is 1.76. The van der Waals surface area contributed by atoms with Gasteiger partial charge in [0.15, 0.2) is 0 Å². The Morgan fingerprint density at radius 3 is 2.85 bits per heavy atom. The van der Waals surface area contributed by atoms with Gasteiger partial charge in [-0.3, -0.25) is 4.79 Å². The van der Waals surface area contributed by atoms with Gasteiger partial charge in [0.2, 0.25) is 0 Å². The lowest BCUT2D eigenvalue weighted by Gasteiger charge is -2.09. The molecule has 0 radical (unpaired) electrons. The van der Waals surface area contributed by atoms with Crippen LogP contribution in [0.5, 0.6) is 0 Å². The molecule has 0 spiro atoms. The van der Waals surface area contributed by atoms with E-state index in [2.05, 4.69) is 4.98 Å². The molecule has 1 fully saturated rings. The van der Waals surface area contributed by atoms with Gasteiger partial charge in [-0.2, -0.15) is 0 Å². The highest BCUT2D eigenvalue weighted by Crippen LogP contribution is 2.39. The molecule has 3 nitrogen and oxygen atoms in total. The zero-order chi connectivity index (χ0) is 9.42. The average Bonchev–Trinajstić information content (AvgIpc) is 2.91. The van der Waals surface area contributed by atoms with Crippen molar-refractivity contribution in [2.75, 3.05) is 0 Å². The minimum absolute atomic E-state index is 0.0225. The number of H-pyrrole nitrogens is 1. The maximum absolute atomic E-state index is 11.0. The normalized spacial score (nSPS) is 18.6. The van der Waals surface area contributed by atoms with Gasteiger partial charge in [0.05, 0.1) is 0 Å². The van der Waals surface area contributed by atoms with Crippen LogP contribution in [0.3, 0.4) is 0 Å². The summed E-state index contributed by atoms with van der Waals surface area (Å²) in [5.41, 5.74) is 6.61. The summed E-state index contributed by atoms with van der Waals surface area (Å²) in [6.07, 6.45) is 4.01. The second-order valence-corrected chi connectivity index (χ2v) is 3.88. The molecule has 13 heavy (non-hydrogen) atoms. The van der Waals surface area contributed by atoms with E-state index in [1.54, 1.807) is 12.3 Å². The molecule has 1 aliphatic rings. The second kappa shape index (κ2) is 3.16. The van der Waals surface area contributed by atoms with Crippen LogP contribution in [0.2, 0.25) is 5.02 Å². The van der Waals surface area contributed by atoms with E-state index in [0.29, 0.717) is 5.92 Å². The molecule has 0 bridgehead atoms. The lowest BCUT2D eigenvalue weighted by Crippen LogP contribution is -2.15. The van der Waals surface area contributed by atoms with Crippen LogP contribution in [0.4, 0.5) is 0 Å². The van der Waals surface area contributed by atoms with Crippen molar-refractivity contribution < 1.29 is 0 Å². The fourth-order valence-corrected chi connectivity index (χ4v) is 1.57. The van der Waals surface area contributed by atoms with Crippen molar-refractivity contribution in [1.29, 1.82) is 0 Å². The Kier molecular flexibility index (Phi) is 2.14. The Balaban J connectivity index is 2.29. The van der Waals surface area contributed by atoms with Gasteiger partial charge in [0, 0.05) is 12.2 Å². The molecule has 0 aliphatic heterocycles. The van der Waals surface area contributed by atoms with E-state index in [1.807, 2.05) is 0 Å². The van der Waals surface area contributed by atoms with Crippen molar-refractivity contribution >= 4 is 11.6 Å². The van der Waals surface area contributed by atoms with Gasteiger partial charge in [0.25, 0.3) is 5.56 Å². The van der Waals surface area contributed by atoms with Crippen LogP contribution in [0.1, 0.15) is 24.4 Å². The maximum Gasteiger partial charge on any atom is 0.266 e. The summed E-state index contributed by atoms with van der Waals surface area (Å²) in [7, 11) is 0. The summed E-state index contributed by atoms with van der Waals surface area (Å²) in [6.45, 7) is 0. The molecule has 0 amide bonds. The van der Waals surface area contributed by atoms with Crippen molar-refractivity contribution in [3.8, 4) is 0 Å². The Labute approximate surface area is 80.9 Å². The van der Waals surface area contributed by atoms with Crippen LogP contribution >= 0.6 is 11.6 Å². The molecular weight excluding hydrogens is 188 g/mol. The van der Waals surface area contributed by atoms with E-state index in [9.17, 15) is 4.79 Å². The van der Waals surface area contributed by atoms with Crippen molar-refractivity contribution in [2.45, 2.75) is 18.9 Å². The quantitative estimate of drug-likeness (QED) is 0.756. The standard InChI is InChI=1S/C9H11ClN2O/c10-7-3-6(4-12-9(7)13)8(11)5-1-2-5/h3-5,8H,1-2,11H2,(H,12,13)/t8-/m0/s1. The molecule has 2 rings (SSSR count). The van der Waals surface area contributed by atoms with E-state index in [1.165, 1.54) is 12.8 Å². The summed E-state index contributed by atoms with van der Waals surface area (Å²) < 4.78 is 0. The Hall–Kier alpha value is -0.800. The van der Waals surface area contributed by atoms with Crippen LogP contribution in [0.15, 0.2) is 17.1 Å². The molecule has 4 heteroatoms. The molecule has 0 aromatic carbocycles. The molecule has 0 saturated heterocycles. The average molecular weight is 199 g/mol. The molecule has 1 aliphatic carbocycles. The number of aromatic nitrogens is 1. The molecule has 1 heterocycles. The summed E-state index contributed by atoms with van der Waals surface area (Å²) in [4.78, 5) is 13.5. The number of pyridine rings is 1. The predicted octanol–water partition coefficient (Wildman–Crippen LogP) is 1.44. The van der Waals surface area contributed by atoms with E-state index < -0.39 is 0 Å². The molecule has 1 saturated carbocycles. The zero-order valence-corrected chi connectivity index (χ0v) is 7.84. The first-order valence-electron chi connectivity index (χ1n) is 4.32. The van der Waals surface area contributed by atoms with E-state index in [0.717, 1.165) is 5.56 Å². The predicted molar refractivity (Wildman–Crippen MR) is 51.7 cm³/mol. The summed E-state index contributed by atoms with van der Waals surface area (Å²) in [6, 6.07) is 1.68. The van der Waals surface area contributed by atoms with Gasteiger partial charge in [0.1, 0.15) is 5.02 Å². The first-order valence-corrected chi connectivity index (χ1v) is 4.70. The number of hydrogen-bond acceptors (Lipinski definition) is 2. The summed E-state index contributed by atoms with van der Waals surface area (Å²) >= 11 is 5.68. The van der Waals surface area contributed by atoms with Crippen LogP contribution in [0, 0.1) is 5.92 Å². The van der Waals surface area contributed by atoms with Crippen LogP contribution in [0.25, 0.3) is 0 Å². The third-order valence-electron chi connectivity index (χ3n) is 2.40. The second-order valence-electron chi connectivity index (χ2n) is 3.47. The van der Waals surface area contributed by atoms with E-state index in [-0.39, 0.29) is 16.6 Å². The monoisotopic (exact) mass is 198 g/mol. The van der Waals surface area contributed by atoms with Gasteiger partial charge in [-0.15, -0.1) is 0 Å². The lowest BCUT2D eigenvalue weighted by molar-refractivity contribution is 0.630. The molecule has 1 aromatic heterocycles. The van der Waals surface area contributed by atoms with Crippen LogP contribution in [-0.2, 0) is 0 Å². The van der Waals surface area contributed by atoms with Crippen LogP contribution in [-0.4, -0.2) is 4.98 Å². The maximum atomic E-state index is 11.0. The Morgan fingerprint density at radius 1 is 1.62 bits per heavy atom. The lowest BCUT2D eigenvalue weighted by atomic mass is 10.1. The highest BCUT2D eigenvalue weighted by Gasteiger charge is 2.29. The fraction of sp³-hybridized carbons (Fsp3) is 0.444. The molecule has 1 aromatic rings. The third-order valence-corrected chi connectivity index (χ3v) is 2.68. The fourth-order valence-electron chi connectivity index (χ4n) is 1.39. The number of nitrogens with two attached hydrogens (primary N) is 1. The molecule has 1 atom stereocenters. The van der Waals surface area contributed by atoms with Gasteiger partial charge in [-0.05, 0) is 30.4 Å². The number of rotatable bonds is 2. The number of hydrogen-bond donors (Lipinski definition) is 2. The number of nitrogens with one attached hydrogen (secondary N) is 1. The first-order chi connectivity index (χ1) is 6.18. The van der Waals surface area contributed by atoms with Crippen molar-refractivity contribution in [2.24, 2.45) is 11.7 Å². The van der Waals surface area contributed by atoms with E-state index in [4.69, 9.17) is 17.3 Å². The topological polar surface area (TPSA) is 58.9 Å². The van der Waals surface area contributed by atoms with E-state index >= 15 is 0 Å². The van der Waals surface area contributed by atoms with Gasteiger partial charge < -0.3 is 10.7 Å². The van der Waals surface area contributed by atoms with Gasteiger partial charge >= 0.3 is 0 Å². The van der Waals surface area contributed by atoms with Crippen LogP contribution < -0.4 is 11.3 Å². The minimum Gasteiger partial charge on any atom is -0.327 e. The Bertz CT molecular complexity index is 370. The van der Waals surface area contributed by atoms with Gasteiger partial charge in [-0.25, -0.2) is 0 Å². The summed E-state index contributed by atoms with van der Waals surface area (Å²) in [5.74, 6) is 0.571. The molecular formula is C9H11ClN2O. The highest BCUT2D eigenvalue weighted by molar-refractivity contribution is 6.30. The smallest absolute Gasteiger partial charge is 0.266 e. The largest absolute Gasteiger partial charge is 0.327 e. The minimum atomic E-state index is -0.256. The van der Waals surface area contributed by atoms with Gasteiger partial charge in [-0.1, -0.05) is 11.6 Å². The first kappa shape index (κ1) is 8.78. The highest BCUT2D eigenvalue weighted by atomic mass is 35.5. The Morgan fingerprint density at radius 2 is 2.31 bits per heavy atom. The van der Waals surface area contributed by atoms with Crippen molar-refractivity contribution in [1.82, 2.24) is 4.98 Å². The SMILES string of the molecule is N[C@H](c1c[nH]c(=O)c(Cl)c1)C1CC1. The number of aromatic amines is 1. The summed E-state index contributed by atoms with van der Waals surface area (Å²) in [5, 5.41) is 0.216. The molecule has 3 N–H and O–H groups in total.